The van der Waals surface area contributed by atoms with Crippen LogP contribution in [0.3, 0.4) is 0 Å². The van der Waals surface area contributed by atoms with E-state index in [0.717, 1.165) is 17.7 Å². The van der Waals surface area contributed by atoms with Crippen LogP contribution in [0.15, 0.2) is 65.6 Å². The lowest BCUT2D eigenvalue weighted by atomic mass is 9.85. The van der Waals surface area contributed by atoms with Gasteiger partial charge in [-0.15, -0.1) is 12.6 Å². The molecule has 146 valence electrons. The number of unbranched alkanes of at least 4 members (excludes halogenated alkanes) is 2. The molecule has 0 saturated heterocycles. The Hall–Kier alpha value is -1.99. The molecule has 1 heteroatoms. The minimum atomic E-state index is 1.09. The van der Waals surface area contributed by atoms with Crippen molar-refractivity contribution in [2.45, 2.75) is 64.2 Å². The fraction of sp³-hybridized carbons (Fsp3) is 0.333. The Morgan fingerprint density at radius 3 is 1.86 bits per heavy atom. The van der Waals surface area contributed by atoms with Crippen molar-refractivity contribution in [3.8, 4) is 22.3 Å². The summed E-state index contributed by atoms with van der Waals surface area (Å²) < 4.78 is 0. The first kappa shape index (κ1) is 20.7. The summed E-state index contributed by atoms with van der Waals surface area (Å²) in [7, 11) is 0. The maximum Gasteiger partial charge on any atom is 0.0122 e. The predicted octanol–water partition coefficient (Wildman–Crippen LogP) is 8.30. The van der Waals surface area contributed by atoms with Crippen LogP contribution in [0.25, 0.3) is 22.3 Å². The highest BCUT2D eigenvalue weighted by molar-refractivity contribution is 7.80. The average Bonchev–Trinajstić information content (AvgIpc) is 2.71. The molecule has 0 amide bonds. The number of thiol groups is 1. The van der Waals surface area contributed by atoms with E-state index in [1.165, 1.54) is 64.6 Å². The molecule has 0 radical (unpaired) electrons. The Kier molecular flexibility index (Phi) is 7.39. The van der Waals surface area contributed by atoms with Gasteiger partial charge in [0.1, 0.15) is 0 Å². The fourth-order valence-electron chi connectivity index (χ4n) is 3.90. The van der Waals surface area contributed by atoms with Crippen LogP contribution in [0.2, 0.25) is 0 Å². The topological polar surface area (TPSA) is 0 Å². The van der Waals surface area contributed by atoms with Crippen molar-refractivity contribution in [3.63, 3.8) is 0 Å². The van der Waals surface area contributed by atoms with Crippen LogP contribution in [0.4, 0.5) is 0 Å². The Morgan fingerprint density at radius 2 is 1.25 bits per heavy atom. The average molecular weight is 389 g/mol. The molecule has 0 N–H and O–H groups in total. The standard InChI is InChI=1S/C27H32S/c1-4-6-10-22-12-8-14-24(21-18-16-20(3)17-19-21)26(22)27-23(11-7-5-2)13-9-15-25(27)28/h8-9,12-19,28H,4-7,10-11H2,1-3H3. The molecule has 3 rings (SSSR count). The van der Waals surface area contributed by atoms with Crippen LogP contribution in [-0.2, 0) is 12.8 Å². The van der Waals surface area contributed by atoms with E-state index < -0.39 is 0 Å². The SMILES string of the molecule is CCCCc1cccc(S)c1-c1c(CCCC)cccc1-c1ccc(C)cc1. The van der Waals surface area contributed by atoms with E-state index in [-0.39, 0.29) is 0 Å². The lowest BCUT2D eigenvalue weighted by Crippen LogP contribution is -1.99. The van der Waals surface area contributed by atoms with E-state index in [1.54, 1.807) is 0 Å². The van der Waals surface area contributed by atoms with Crippen molar-refractivity contribution >= 4 is 12.6 Å². The van der Waals surface area contributed by atoms with Crippen molar-refractivity contribution in [1.82, 2.24) is 0 Å². The zero-order chi connectivity index (χ0) is 19.9. The van der Waals surface area contributed by atoms with Gasteiger partial charge >= 0.3 is 0 Å². The third kappa shape index (κ3) is 4.70. The van der Waals surface area contributed by atoms with E-state index in [2.05, 4.69) is 81.4 Å². The highest BCUT2D eigenvalue weighted by atomic mass is 32.1. The number of hydrogen-bond donors (Lipinski definition) is 1. The summed E-state index contributed by atoms with van der Waals surface area (Å²) in [5.41, 5.74) is 9.50. The summed E-state index contributed by atoms with van der Waals surface area (Å²) in [6.07, 6.45) is 7.05. The summed E-state index contributed by atoms with van der Waals surface area (Å²) in [4.78, 5) is 1.09. The molecule has 0 nitrogen and oxygen atoms in total. The van der Waals surface area contributed by atoms with Crippen LogP contribution in [0.1, 0.15) is 56.2 Å². The van der Waals surface area contributed by atoms with Crippen molar-refractivity contribution < 1.29 is 0 Å². The predicted molar refractivity (Wildman–Crippen MR) is 127 cm³/mol. The van der Waals surface area contributed by atoms with Gasteiger partial charge in [0.15, 0.2) is 0 Å². The Balaban J connectivity index is 2.24. The molecule has 0 heterocycles. The monoisotopic (exact) mass is 388 g/mol. The molecular formula is C27H32S. The summed E-state index contributed by atoms with van der Waals surface area (Å²) in [5.74, 6) is 0. The molecule has 0 aliphatic heterocycles. The number of aryl methyl sites for hydroxylation is 3. The molecule has 0 aromatic heterocycles. The molecule has 0 atom stereocenters. The van der Waals surface area contributed by atoms with E-state index in [9.17, 15) is 0 Å². The van der Waals surface area contributed by atoms with Crippen LogP contribution in [-0.4, -0.2) is 0 Å². The first-order valence-electron chi connectivity index (χ1n) is 10.7. The first-order valence-corrected chi connectivity index (χ1v) is 11.1. The fourth-order valence-corrected chi connectivity index (χ4v) is 4.24. The largest absolute Gasteiger partial charge is 0.143 e. The minimum Gasteiger partial charge on any atom is -0.143 e. The highest BCUT2D eigenvalue weighted by Gasteiger charge is 2.17. The quantitative estimate of drug-likeness (QED) is 0.369. The Morgan fingerprint density at radius 1 is 0.679 bits per heavy atom. The molecule has 0 bridgehead atoms. The van der Waals surface area contributed by atoms with Gasteiger partial charge < -0.3 is 0 Å². The van der Waals surface area contributed by atoms with Gasteiger partial charge in [0.05, 0.1) is 0 Å². The Labute approximate surface area is 176 Å². The molecular weight excluding hydrogens is 356 g/mol. The highest BCUT2D eigenvalue weighted by Crippen LogP contribution is 2.41. The van der Waals surface area contributed by atoms with Crippen molar-refractivity contribution in [2.24, 2.45) is 0 Å². The lowest BCUT2D eigenvalue weighted by Gasteiger charge is -2.20. The van der Waals surface area contributed by atoms with E-state index >= 15 is 0 Å². The summed E-state index contributed by atoms with van der Waals surface area (Å²) in [6.45, 7) is 6.67. The van der Waals surface area contributed by atoms with Gasteiger partial charge in [-0.2, -0.15) is 0 Å². The van der Waals surface area contributed by atoms with Crippen molar-refractivity contribution in [3.05, 3.63) is 77.4 Å². The van der Waals surface area contributed by atoms with Gasteiger partial charge in [0.25, 0.3) is 0 Å². The maximum absolute atomic E-state index is 4.92. The van der Waals surface area contributed by atoms with Gasteiger partial charge in [0.2, 0.25) is 0 Å². The number of rotatable bonds is 8. The summed E-state index contributed by atoms with van der Waals surface area (Å²) in [6, 6.07) is 22.3. The molecule has 0 spiro atoms. The van der Waals surface area contributed by atoms with Crippen LogP contribution < -0.4 is 0 Å². The van der Waals surface area contributed by atoms with Crippen molar-refractivity contribution in [2.75, 3.05) is 0 Å². The van der Waals surface area contributed by atoms with Gasteiger partial charge in [-0.25, -0.2) is 0 Å². The van der Waals surface area contributed by atoms with E-state index in [0.29, 0.717) is 0 Å². The normalized spacial score (nSPS) is 11.0. The van der Waals surface area contributed by atoms with Gasteiger partial charge in [0, 0.05) is 4.90 Å². The van der Waals surface area contributed by atoms with Crippen LogP contribution in [0, 0.1) is 6.92 Å². The molecule has 0 unspecified atom stereocenters. The van der Waals surface area contributed by atoms with Crippen LogP contribution in [0.5, 0.6) is 0 Å². The summed E-state index contributed by atoms with van der Waals surface area (Å²) >= 11 is 4.92. The molecule has 0 aliphatic carbocycles. The second-order valence-electron chi connectivity index (χ2n) is 7.72. The molecule has 0 saturated carbocycles. The first-order chi connectivity index (χ1) is 13.7. The van der Waals surface area contributed by atoms with Crippen LogP contribution >= 0.6 is 12.6 Å². The third-order valence-electron chi connectivity index (χ3n) is 5.49. The van der Waals surface area contributed by atoms with Gasteiger partial charge in [-0.3, -0.25) is 0 Å². The maximum atomic E-state index is 4.92. The lowest BCUT2D eigenvalue weighted by molar-refractivity contribution is 0.790. The molecule has 3 aromatic carbocycles. The number of hydrogen-bond acceptors (Lipinski definition) is 1. The van der Waals surface area contributed by atoms with E-state index in [4.69, 9.17) is 12.6 Å². The second-order valence-corrected chi connectivity index (χ2v) is 8.21. The molecule has 28 heavy (non-hydrogen) atoms. The van der Waals surface area contributed by atoms with Crippen molar-refractivity contribution in [1.29, 1.82) is 0 Å². The second kappa shape index (κ2) is 9.98. The van der Waals surface area contributed by atoms with E-state index in [1.807, 2.05) is 0 Å². The van der Waals surface area contributed by atoms with Gasteiger partial charge in [-0.1, -0.05) is 86.8 Å². The number of benzene rings is 3. The Bertz CT molecular complexity index is 906. The summed E-state index contributed by atoms with van der Waals surface area (Å²) in [5, 5.41) is 0. The smallest absolute Gasteiger partial charge is 0.0122 e. The molecule has 0 fully saturated rings. The van der Waals surface area contributed by atoms with Gasteiger partial charge in [-0.05, 0) is 72.1 Å². The zero-order valence-electron chi connectivity index (χ0n) is 17.5. The zero-order valence-corrected chi connectivity index (χ0v) is 18.4. The third-order valence-corrected chi connectivity index (χ3v) is 5.86. The minimum absolute atomic E-state index is 1.09. The molecule has 3 aromatic rings. The molecule has 0 aliphatic rings.